The zero-order chi connectivity index (χ0) is 23.1. The molecule has 7 nitrogen and oxygen atoms in total. The van der Waals surface area contributed by atoms with E-state index in [1.165, 1.54) is 37.4 Å². The zero-order valence-electron chi connectivity index (χ0n) is 17.3. The van der Waals surface area contributed by atoms with E-state index >= 15 is 0 Å². The number of hydrogen-bond donors (Lipinski definition) is 2. The van der Waals surface area contributed by atoms with E-state index in [0.29, 0.717) is 11.4 Å². The Morgan fingerprint density at radius 3 is 2.31 bits per heavy atom. The molecular weight excluding hydrogens is 439 g/mol. The Morgan fingerprint density at radius 2 is 1.66 bits per heavy atom. The van der Waals surface area contributed by atoms with Gasteiger partial charge in [0.1, 0.15) is 11.6 Å². The average Bonchev–Trinajstić information content (AvgIpc) is 2.79. The van der Waals surface area contributed by atoms with Crippen molar-refractivity contribution < 1.29 is 28.2 Å². The number of rotatable bonds is 8. The molecule has 166 valence electrons. The van der Waals surface area contributed by atoms with Crippen LogP contribution in [0.1, 0.15) is 10.4 Å². The fourth-order valence-electron chi connectivity index (χ4n) is 2.73. The SMILES string of the molecule is COc1ccc(NC(=O)COc2ccc(C(=O)Nc3ccc(Cl)cc3F)cc2OC)cc1. The maximum absolute atomic E-state index is 13.9. The number of carbonyl (C=O) groups is 2. The molecule has 2 N–H and O–H groups in total. The first-order chi connectivity index (χ1) is 15.4. The van der Waals surface area contributed by atoms with Gasteiger partial charge in [0.2, 0.25) is 0 Å². The van der Waals surface area contributed by atoms with Gasteiger partial charge in [-0.15, -0.1) is 0 Å². The van der Waals surface area contributed by atoms with Crippen molar-refractivity contribution in [2.24, 2.45) is 0 Å². The van der Waals surface area contributed by atoms with Crippen molar-refractivity contribution in [3.8, 4) is 17.2 Å². The number of anilines is 2. The summed E-state index contributed by atoms with van der Waals surface area (Å²) in [5.41, 5.74) is 0.799. The van der Waals surface area contributed by atoms with Crippen LogP contribution in [0.25, 0.3) is 0 Å². The van der Waals surface area contributed by atoms with Gasteiger partial charge >= 0.3 is 0 Å². The summed E-state index contributed by atoms with van der Waals surface area (Å²) in [6.45, 7) is -0.274. The number of hydrogen-bond acceptors (Lipinski definition) is 5. The molecule has 0 atom stereocenters. The average molecular weight is 459 g/mol. The van der Waals surface area contributed by atoms with Crippen LogP contribution in [-0.2, 0) is 4.79 Å². The first-order valence-electron chi connectivity index (χ1n) is 9.40. The van der Waals surface area contributed by atoms with Gasteiger partial charge < -0.3 is 24.8 Å². The molecule has 0 fully saturated rings. The summed E-state index contributed by atoms with van der Waals surface area (Å²) >= 11 is 5.72. The molecule has 9 heteroatoms. The molecule has 0 aliphatic rings. The minimum absolute atomic E-state index is 0.00565. The summed E-state index contributed by atoms with van der Waals surface area (Å²) < 4.78 is 29.8. The summed E-state index contributed by atoms with van der Waals surface area (Å²) in [5.74, 6) is -0.392. The Kier molecular flexibility index (Phi) is 7.51. The summed E-state index contributed by atoms with van der Waals surface area (Å²) in [4.78, 5) is 24.6. The summed E-state index contributed by atoms with van der Waals surface area (Å²) in [5, 5.41) is 5.39. The number of carbonyl (C=O) groups excluding carboxylic acids is 2. The second-order valence-corrected chi connectivity index (χ2v) is 6.95. The van der Waals surface area contributed by atoms with Crippen LogP contribution >= 0.6 is 11.6 Å². The van der Waals surface area contributed by atoms with Gasteiger partial charge in [-0.05, 0) is 60.7 Å². The van der Waals surface area contributed by atoms with Crippen molar-refractivity contribution in [2.75, 3.05) is 31.5 Å². The Hall–Kier alpha value is -3.78. The van der Waals surface area contributed by atoms with E-state index in [1.54, 1.807) is 31.4 Å². The first kappa shape index (κ1) is 22.9. The molecule has 0 saturated heterocycles. The standard InChI is InChI=1S/C23H20ClFN2O5/c1-30-17-7-5-16(6-8-17)26-22(28)13-32-20-10-3-14(11-21(20)31-2)23(29)27-19-9-4-15(24)12-18(19)25/h3-12H,13H2,1-2H3,(H,26,28)(H,27,29). The van der Waals surface area contributed by atoms with Crippen molar-refractivity contribution in [3.05, 3.63) is 77.1 Å². The molecule has 0 aromatic heterocycles. The molecule has 0 heterocycles. The van der Waals surface area contributed by atoms with E-state index in [-0.39, 0.29) is 40.3 Å². The molecule has 0 spiro atoms. The van der Waals surface area contributed by atoms with E-state index < -0.39 is 11.7 Å². The fraction of sp³-hybridized carbons (Fsp3) is 0.130. The quantitative estimate of drug-likeness (QED) is 0.508. The summed E-state index contributed by atoms with van der Waals surface area (Å²) in [6, 6.07) is 15.2. The topological polar surface area (TPSA) is 85.9 Å². The molecule has 0 aliphatic heterocycles. The monoisotopic (exact) mass is 458 g/mol. The number of amides is 2. The lowest BCUT2D eigenvalue weighted by molar-refractivity contribution is -0.118. The Morgan fingerprint density at radius 1 is 0.906 bits per heavy atom. The highest BCUT2D eigenvalue weighted by molar-refractivity contribution is 6.30. The highest BCUT2D eigenvalue weighted by Crippen LogP contribution is 2.29. The lowest BCUT2D eigenvalue weighted by atomic mass is 10.1. The van der Waals surface area contributed by atoms with Gasteiger partial charge in [-0.3, -0.25) is 9.59 Å². The molecule has 0 bridgehead atoms. The molecule has 0 saturated carbocycles. The van der Waals surface area contributed by atoms with Crippen LogP contribution in [0.3, 0.4) is 0 Å². The highest BCUT2D eigenvalue weighted by Gasteiger charge is 2.14. The predicted molar refractivity (Wildman–Crippen MR) is 119 cm³/mol. The number of benzene rings is 3. The van der Waals surface area contributed by atoms with Crippen molar-refractivity contribution >= 4 is 34.8 Å². The van der Waals surface area contributed by atoms with Gasteiger partial charge in [-0.1, -0.05) is 11.6 Å². The number of ether oxygens (including phenoxy) is 3. The Balaban J connectivity index is 1.62. The molecule has 0 aliphatic carbocycles. The van der Waals surface area contributed by atoms with E-state index in [2.05, 4.69) is 10.6 Å². The van der Waals surface area contributed by atoms with Crippen LogP contribution in [0.15, 0.2) is 60.7 Å². The Labute approximate surface area is 189 Å². The van der Waals surface area contributed by atoms with Crippen LogP contribution in [0, 0.1) is 5.82 Å². The molecule has 3 aromatic carbocycles. The van der Waals surface area contributed by atoms with Crippen molar-refractivity contribution in [2.45, 2.75) is 0 Å². The van der Waals surface area contributed by atoms with Gasteiger partial charge in [-0.2, -0.15) is 0 Å². The van der Waals surface area contributed by atoms with E-state index in [1.807, 2.05) is 0 Å². The highest BCUT2D eigenvalue weighted by atomic mass is 35.5. The minimum Gasteiger partial charge on any atom is -0.497 e. The van der Waals surface area contributed by atoms with Gasteiger partial charge in [-0.25, -0.2) is 4.39 Å². The summed E-state index contributed by atoms with van der Waals surface area (Å²) in [7, 11) is 2.96. The predicted octanol–water partition coefficient (Wildman–Crippen LogP) is 4.77. The maximum Gasteiger partial charge on any atom is 0.262 e. The van der Waals surface area contributed by atoms with E-state index in [0.717, 1.165) is 6.07 Å². The lowest BCUT2D eigenvalue weighted by Gasteiger charge is -2.13. The van der Waals surface area contributed by atoms with Crippen LogP contribution in [0.5, 0.6) is 17.2 Å². The molecular formula is C23H20ClFN2O5. The van der Waals surface area contributed by atoms with Gasteiger partial charge in [0.05, 0.1) is 19.9 Å². The van der Waals surface area contributed by atoms with E-state index in [4.69, 9.17) is 25.8 Å². The van der Waals surface area contributed by atoms with Gasteiger partial charge in [0, 0.05) is 16.3 Å². The minimum atomic E-state index is -0.652. The normalized spacial score (nSPS) is 10.2. The maximum atomic E-state index is 13.9. The summed E-state index contributed by atoms with van der Waals surface area (Å²) in [6.07, 6.45) is 0. The van der Waals surface area contributed by atoms with Crippen molar-refractivity contribution in [3.63, 3.8) is 0 Å². The lowest BCUT2D eigenvalue weighted by Crippen LogP contribution is -2.20. The molecule has 3 aromatic rings. The second-order valence-electron chi connectivity index (χ2n) is 6.51. The Bertz CT molecular complexity index is 1120. The third-order valence-electron chi connectivity index (χ3n) is 4.34. The van der Waals surface area contributed by atoms with Crippen LogP contribution in [-0.4, -0.2) is 32.6 Å². The smallest absolute Gasteiger partial charge is 0.262 e. The van der Waals surface area contributed by atoms with Gasteiger partial charge in [0.25, 0.3) is 11.8 Å². The van der Waals surface area contributed by atoms with Crippen LogP contribution in [0.4, 0.5) is 15.8 Å². The first-order valence-corrected chi connectivity index (χ1v) is 9.78. The molecule has 2 amide bonds. The molecule has 0 unspecified atom stereocenters. The largest absolute Gasteiger partial charge is 0.497 e. The zero-order valence-corrected chi connectivity index (χ0v) is 18.0. The number of nitrogens with one attached hydrogen (secondary N) is 2. The molecule has 3 rings (SSSR count). The van der Waals surface area contributed by atoms with E-state index in [9.17, 15) is 14.0 Å². The second kappa shape index (κ2) is 10.5. The number of methoxy groups -OCH3 is 2. The molecule has 0 radical (unpaired) electrons. The fourth-order valence-corrected chi connectivity index (χ4v) is 2.89. The van der Waals surface area contributed by atoms with Crippen LogP contribution < -0.4 is 24.8 Å². The van der Waals surface area contributed by atoms with Crippen molar-refractivity contribution in [1.29, 1.82) is 0 Å². The van der Waals surface area contributed by atoms with Crippen molar-refractivity contribution in [1.82, 2.24) is 0 Å². The third kappa shape index (κ3) is 5.89. The third-order valence-corrected chi connectivity index (χ3v) is 4.57. The van der Waals surface area contributed by atoms with Crippen LogP contribution in [0.2, 0.25) is 5.02 Å². The molecule has 32 heavy (non-hydrogen) atoms. The number of halogens is 2. The van der Waals surface area contributed by atoms with Gasteiger partial charge in [0.15, 0.2) is 18.1 Å².